The van der Waals surface area contributed by atoms with Crippen LogP contribution < -0.4 is 5.32 Å². The molecule has 2 rings (SSSR count). The third-order valence-corrected chi connectivity index (χ3v) is 3.64. The van der Waals surface area contributed by atoms with Crippen molar-refractivity contribution in [1.82, 2.24) is 5.32 Å². The quantitative estimate of drug-likeness (QED) is 0.885. The highest BCUT2D eigenvalue weighted by Crippen LogP contribution is 2.20. The molecule has 0 bridgehead atoms. The van der Waals surface area contributed by atoms with Crippen LogP contribution in [0.2, 0.25) is 10.0 Å². The SMILES string of the molecule is O=C(NCCc1ccc(CO)cc1)c1cc(Cl)ccc1Cl. The number of amides is 1. The van der Waals surface area contributed by atoms with Gasteiger partial charge >= 0.3 is 0 Å². The number of benzene rings is 2. The van der Waals surface area contributed by atoms with Crippen LogP contribution in [0.25, 0.3) is 0 Å². The first kappa shape index (κ1) is 15.8. The van der Waals surface area contributed by atoms with E-state index >= 15 is 0 Å². The molecule has 0 aliphatic heterocycles. The highest BCUT2D eigenvalue weighted by Gasteiger charge is 2.10. The molecule has 0 aromatic heterocycles. The Kier molecular flexibility index (Phi) is 5.62. The van der Waals surface area contributed by atoms with E-state index in [1.54, 1.807) is 18.2 Å². The lowest BCUT2D eigenvalue weighted by molar-refractivity contribution is 0.0954. The van der Waals surface area contributed by atoms with Crippen LogP contribution in [0.1, 0.15) is 21.5 Å². The number of carbonyl (C=O) groups is 1. The summed E-state index contributed by atoms with van der Waals surface area (Å²) in [4.78, 5) is 12.0. The average molecular weight is 324 g/mol. The maximum absolute atomic E-state index is 12.0. The lowest BCUT2D eigenvalue weighted by atomic mass is 10.1. The molecule has 2 N–H and O–H groups in total. The van der Waals surface area contributed by atoms with Crippen molar-refractivity contribution in [2.45, 2.75) is 13.0 Å². The molecule has 0 aliphatic carbocycles. The Morgan fingerprint density at radius 1 is 1.05 bits per heavy atom. The summed E-state index contributed by atoms with van der Waals surface area (Å²) in [7, 11) is 0. The van der Waals surface area contributed by atoms with Crippen LogP contribution in [0.4, 0.5) is 0 Å². The zero-order valence-corrected chi connectivity index (χ0v) is 12.8. The molecule has 0 unspecified atom stereocenters. The van der Waals surface area contributed by atoms with Gasteiger partial charge in [-0.2, -0.15) is 0 Å². The fraction of sp³-hybridized carbons (Fsp3) is 0.188. The van der Waals surface area contributed by atoms with E-state index in [0.717, 1.165) is 11.1 Å². The van der Waals surface area contributed by atoms with Crippen LogP contribution >= 0.6 is 23.2 Å². The second-order valence-corrected chi connectivity index (χ2v) is 5.45. The van der Waals surface area contributed by atoms with Gasteiger partial charge in [-0.05, 0) is 35.7 Å². The van der Waals surface area contributed by atoms with Gasteiger partial charge in [0.2, 0.25) is 0 Å². The van der Waals surface area contributed by atoms with Crippen LogP contribution in [0, 0.1) is 0 Å². The maximum atomic E-state index is 12.0. The molecule has 0 heterocycles. The Labute approximate surface area is 133 Å². The number of halogens is 2. The minimum Gasteiger partial charge on any atom is -0.392 e. The maximum Gasteiger partial charge on any atom is 0.252 e. The van der Waals surface area contributed by atoms with Gasteiger partial charge in [-0.15, -0.1) is 0 Å². The van der Waals surface area contributed by atoms with E-state index in [0.29, 0.717) is 28.6 Å². The average Bonchev–Trinajstić information content (AvgIpc) is 2.50. The van der Waals surface area contributed by atoms with Crippen molar-refractivity contribution in [2.75, 3.05) is 6.54 Å². The first-order chi connectivity index (χ1) is 10.1. The van der Waals surface area contributed by atoms with Crippen molar-refractivity contribution < 1.29 is 9.90 Å². The highest BCUT2D eigenvalue weighted by molar-refractivity contribution is 6.35. The lowest BCUT2D eigenvalue weighted by Gasteiger charge is -2.07. The van der Waals surface area contributed by atoms with Crippen LogP contribution in [-0.2, 0) is 13.0 Å². The van der Waals surface area contributed by atoms with Crippen LogP contribution in [0.3, 0.4) is 0 Å². The molecular weight excluding hydrogens is 309 g/mol. The molecule has 3 nitrogen and oxygen atoms in total. The highest BCUT2D eigenvalue weighted by atomic mass is 35.5. The van der Waals surface area contributed by atoms with Crippen LogP contribution in [0.5, 0.6) is 0 Å². The van der Waals surface area contributed by atoms with Gasteiger partial charge in [0, 0.05) is 11.6 Å². The molecule has 0 atom stereocenters. The fourth-order valence-electron chi connectivity index (χ4n) is 1.90. The normalized spacial score (nSPS) is 10.4. The van der Waals surface area contributed by atoms with E-state index in [2.05, 4.69) is 5.32 Å². The van der Waals surface area contributed by atoms with Crippen molar-refractivity contribution >= 4 is 29.1 Å². The van der Waals surface area contributed by atoms with E-state index in [1.165, 1.54) is 0 Å². The number of hydrogen-bond acceptors (Lipinski definition) is 2. The third-order valence-electron chi connectivity index (χ3n) is 3.08. The molecule has 0 aliphatic rings. The molecule has 21 heavy (non-hydrogen) atoms. The molecule has 0 radical (unpaired) electrons. The largest absolute Gasteiger partial charge is 0.392 e. The Morgan fingerprint density at radius 2 is 1.71 bits per heavy atom. The summed E-state index contributed by atoms with van der Waals surface area (Å²) in [5.74, 6) is -0.241. The topological polar surface area (TPSA) is 49.3 Å². The number of hydrogen-bond donors (Lipinski definition) is 2. The minimum absolute atomic E-state index is 0.0320. The summed E-state index contributed by atoms with van der Waals surface area (Å²) >= 11 is 11.8. The van der Waals surface area contributed by atoms with Gasteiger partial charge in [-0.25, -0.2) is 0 Å². The van der Waals surface area contributed by atoms with Crippen molar-refractivity contribution in [1.29, 1.82) is 0 Å². The second-order valence-electron chi connectivity index (χ2n) is 4.60. The van der Waals surface area contributed by atoms with E-state index in [-0.39, 0.29) is 12.5 Å². The number of nitrogens with one attached hydrogen (secondary N) is 1. The number of aliphatic hydroxyl groups is 1. The summed E-state index contributed by atoms with van der Waals surface area (Å²) in [5.41, 5.74) is 2.33. The zero-order chi connectivity index (χ0) is 15.2. The molecule has 0 spiro atoms. The van der Waals surface area contributed by atoms with Crippen molar-refractivity contribution in [2.24, 2.45) is 0 Å². The van der Waals surface area contributed by atoms with Gasteiger partial charge in [0.15, 0.2) is 0 Å². The Hall–Kier alpha value is -1.55. The Balaban J connectivity index is 1.90. The van der Waals surface area contributed by atoms with Crippen molar-refractivity contribution in [3.63, 3.8) is 0 Å². The molecule has 5 heteroatoms. The van der Waals surface area contributed by atoms with Crippen molar-refractivity contribution in [3.05, 3.63) is 69.2 Å². The number of carbonyl (C=O) groups excluding carboxylic acids is 1. The van der Waals surface area contributed by atoms with E-state index in [1.807, 2.05) is 24.3 Å². The van der Waals surface area contributed by atoms with Gasteiger partial charge in [0.1, 0.15) is 0 Å². The Bertz CT molecular complexity index is 627. The number of aliphatic hydroxyl groups excluding tert-OH is 1. The lowest BCUT2D eigenvalue weighted by Crippen LogP contribution is -2.26. The molecule has 110 valence electrons. The standard InChI is InChI=1S/C16H15Cl2NO2/c17-13-5-6-15(18)14(9-13)16(21)19-8-7-11-1-3-12(10-20)4-2-11/h1-6,9,20H,7-8,10H2,(H,19,21). The monoisotopic (exact) mass is 323 g/mol. The predicted molar refractivity (Wildman–Crippen MR) is 84.9 cm³/mol. The molecular formula is C16H15Cl2NO2. The number of rotatable bonds is 5. The molecule has 2 aromatic rings. The smallest absolute Gasteiger partial charge is 0.252 e. The molecule has 0 fully saturated rings. The van der Waals surface area contributed by atoms with Gasteiger partial charge in [-0.3, -0.25) is 4.79 Å². The summed E-state index contributed by atoms with van der Waals surface area (Å²) in [5, 5.41) is 12.6. The molecule has 2 aromatic carbocycles. The van der Waals surface area contributed by atoms with Crippen LogP contribution in [0.15, 0.2) is 42.5 Å². The Morgan fingerprint density at radius 3 is 2.38 bits per heavy atom. The first-order valence-electron chi connectivity index (χ1n) is 6.52. The third kappa shape index (κ3) is 4.46. The summed E-state index contributed by atoms with van der Waals surface area (Å²) in [6.07, 6.45) is 0.704. The summed E-state index contributed by atoms with van der Waals surface area (Å²) < 4.78 is 0. The second kappa shape index (κ2) is 7.46. The predicted octanol–water partition coefficient (Wildman–Crippen LogP) is 3.46. The van der Waals surface area contributed by atoms with Gasteiger partial charge in [0.05, 0.1) is 17.2 Å². The molecule has 0 saturated heterocycles. The fourth-order valence-corrected chi connectivity index (χ4v) is 2.27. The minimum atomic E-state index is -0.241. The van der Waals surface area contributed by atoms with Gasteiger partial charge in [-0.1, -0.05) is 47.5 Å². The zero-order valence-electron chi connectivity index (χ0n) is 11.3. The van der Waals surface area contributed by atoms with Crippen molar-refractivity contribution in [3.8, 4) is 0 Å². The van der Waals surface area contributed by atoms with Crippen LogP contribution in [-0.4, -0.2) is 17.6 Å². The molecule has 0 saturated carbocycles. The van der Waals surface area contributed by atoms with Gasteiger partial charge in [0.25, 0.3) is 5.91 Å². The van der Waals surface area contributed by atoms with E-state index in [9.17, 15) is 4.79 Å². The summed E-state index contributed by atoms with van der Waals surface area (Å²) in [6, 6.07) is 12.4. The molecule has 1 amide bonds. The van der Waals surface area contributed by atoms with E-state index < -0.39 is 0 Å². The first-order valence-corrected chi connectivity index (χ1v) is 7.27. The van der Waals surface area contributed by atoms with Gasteiger partial charge < -0.3 is 10.4 Å². The summed E-state index contributed by atoms with van der Waals surface area (Å²) in [6.45, 7) is 0.532. The van der Waals surface area contributed by atoms with E-state index in [4.69, 9.17) is 28.3 Å².